The number of rotatable bonds is 2. The summed E-state index contributed by atoms with van der Waals surface area (Å²) in [7, 11) is 0.938. The molecule has 0 aliphatic carbocycles. The Morgan fingerprint density at radius 3 is 2.39 bits per heavy atom. The van der Waals surface area contributed by atoms with Crippen molar-refractivity contribution in [2.75, 3.05) is 18.6 Å². The molecule has 0 saturated carbocycles. The third-order valence-corrected chi connectivity index (χ3v) is 2.92. The van der Waals surface area contributed by atoms with Crippen molar-refractivity contribution < 1.29 is 22.3 Å². The maximum absolute atomic E-state index is 14.2. The molecule has 0 fully saturated rings. The number of nitrogens with two attached hydrogens (primary N) is 2. The summed E-state index contributed by atoms with van der Waals surface area (Å²) in [5.41, 5.74) is 8.11. The van der Waals surface area contributed by atoms with Gasteiger partial charge in [0.15, 0.2) is 0 Å². The minimum Gasteiger partial charge on any atom is -0.495 e. The van der Waals surface area contributed by atoms with E-state index in [1.54, 1.807) is 6.07 Å². The Morgan fingerprint density at radius 2 is 1.87 bits per heavy atom. The van der Waals surface area contributed by atoms with Gasteiger partial charge < -0.3 is 16.2 Å². The van der Waals surface area contributed by atoms with E-state index in [2.05, 4.69) is 9.97 Å². The van der Waals surface area contributed by atoms with Gasteiger partial charge in [-0.05, 0) is 12.1 Å². The van der Waals surface area contributed by atoms with Gasteiger partial charge in [0.05, 0.1) is 18.2 Å². The zero-order valence-electron chi connectivity index (χ0n) is 11.6. The van der Waals surface area contributed by atoms with Crippen LogP contribution in [0.4, 0.5) is 29.3 Å². The number of anilines is 2. The molecule has 4 N–H and O–H groups in total. The van der Waals surface area contributed by atoms with Gasteiger partial charge in [0.25, 0.3) is 0 Å². The van der Waals surface area contributed by atoms with E-state index in [0.717, 1.165) is 7.11 Å². The highest BCUT2D eigenvalue weighted by Gasteiger charge is 2.37. The van der Waals surface area contributed by atoms with Gasteiger partial charge in [0.2, 0.25) is 5.95 Å². The molecule has 1 heterocycles. The van der Waals surface area contributed by atoms with Crippen LogP contribution in [0.15, 0.2) is 12.1 Å². The summed E-state index contributed by atoms with van der Waals surface area (Å²) in [5.74, 6) is -2.71. The molecule has 1 aromatic carbocycles. The van der Waals surface area contributed by atoms with Crippen LogP contribution in [0.3, 0.4) is 0 Å². The Kier molecular flexibility index (Phi) is 3.97. The Hall–Kier alpha value is -3.09. The number of alkyl halides is 3. The molecule has 0 atom stereocenters. The average molecular weight is 327 g/mol. The van der Waals surface area contributed by atoms with Crippen LogP contribution in [0.2, 0.25) is 0 Å². The number of hydrogen-bond donors (Lipinski definition) is 2. The van der Waals surface area contributed by atoms with Gasteiger partial charge >= 0.3 is 6.18 Å². The number of nitrogen functional groups attached to an aromatic ring is 2. The number of ether oxygens (including phenoxy) is 1. The number of halogens is 4. The lowest BCUT2D eigenvalue weighted by Crippen LogP contribution is -2.11. The molecule has 23 heavy (non-hydrogen) atoms. The van der Waals surface area contributed by atoms with E-state index in [1.165, 1.54) is 0 Å². The number of hydrogen-bond acceptors (Lipinski definition) is 6. The number of nitriles is 1. The van der Waals surface area contributed by atoms with Crippen LogP contribution in [-0.2, 0) is 6.18 Å². The van der Waals surface area contributed by atoms with E-state index in [4.69, 9.17) is 21.5 Å². The number of methoxy groups -OCH3 is 1. The second kappa shape index (κ2) is 5.60. The summed E-state index contributed by atoms with van der Waals surface area (Å²) in [4.78, 5) is 7.17. The summed E-state index contributed by atoms with van der Waals surface area (Å²) in [6.07, 6.45) is -4.80. The first kappa shape index (κ1) is 16.3. The fraction of sp³-hybridized carbons (Fsp3) is 0.154. The molecule has 0 radical (unpaired) electrons. The molecule has 0 unspecified atom stereocenters. The van der Waals surface area contributed by atoms with Crippen LogP contribution < -0.4 is 16.2 Å². The number of benzene rings is 1. The number of nitrogens with zero attached hydrogens (tertiary/aromatic N) is 3. The van der Waals surface area contributed by atoms with Gasteiger partial charge in [0, 0.05) is 0 Å². The molecular formula is C13H9F4N5O. The molecule has 0 aliphatic rings. The molecule has 0 bridgehead atoms. The maximum atomic E-state index is 14.2. The highest BCUT2D eigenvalue weighted by Crippen LogP contribution is 2.43. The van der Waals surface area contributed by atoms with Crippen molar-refractivity contribution in [1.29, 1.82) is 5.26 Å². The molecule has 2 rings (SSSR count). The van der Waals surface area contributed by atoms with Gasteiger partial charge in [-0.1, -0.05) is 0 Å². The molecule has 6 nitrogen and oxygen atoms in total. The minimum atomic E-state index is -4.80. The highest BCUT2D eigenvalue weighted by atomic mass is 19.4. The van der Waals surface area contributed by atoms with E-state index in [-0.39, 0.29) is 5.82 Å². The van der Waals surface area contributed by atoms with Crippen molar-refractivity contribution >= 4 is 11.8 Å². The van der Waals surface area contributed by atoms with Crippen LogP contribution in [0.5, 0.6) is 5.75 Å². The molecular weight excluding hydrogens is 318 g/mol. The Labute approximate surface area is 127 Å². The van der Waals surface area contributed by atoms with E-state index in [9.17, 15) is 17.6 Å². The molecule has 0 aliphatic heterocycles. The van der Waals surface area contributed by atoms with Crippen molar-refractivity contribution in [2.24, 2.45) is 0 Å². The van der Waals surface area contributed by atoms with Gasteiger partial charge in [-0.2, -0.15) is 23.4 Å². The second-order valence-corrected chi connectivity index (χ2v) is 4.30. The smallest absolute Gasteiger partial charge is 0.419 e. The topological polar surface area (TPSA) is 111 Å². The molecule has 0 spiro atoms. The van der Waals surface area contributed by atoms with Crippen LogP contribution in [0.25, 0.3) is 11.3 Å². The quantitative estimate of drug-likeness (QED) is 0.819. The Morgan fingerprint density at radius 1 is 1.22 bits per heavy atom. The van der Waals surface area contributed by atoms with Crippen LogP contribution in [-0.4, -0.2) is 17.1 Å². The van der Waals surface area contributed by atoms with Crippen molar-refractivity contribution in [3.63, 3.8) is 0 Å². The fourth-order valence-electron chi connectivity index (χ4n) is 2.00. The first-order valence-corrected chi connectivity index (χ1v) is 5.97. The summed E-state index contributed by atoms with van der Waals surface area (Å²) >= 11 is 0. The minimum absolute atomic E-state index is 0.381. The predicted molar refractivity (Wildman–Crippen MR) is 72.5 cm³/mol. The monoisotopic (exact) mass is 327 g/mol. The standard InChI is InChI=1S/C13H9F4N5O/c1-23-10-6(13(15,16)17)2-3-7(14)8(10)9-5(4-18)11(19)22-12(20)21-9/h2-3H,1H3,(H4,19,20,21,22). The van der Waals surface area contributed by atoms with Crippen molar-refractivity contribution in [2.45, 2.75) is 6.18 Å². The normalized spacial score (nSPS) is 11.1. The zero-order valence-corrected chi connectivity index (χ0v) is 11.6. The Bertz CT molecular complexity index is 813. The number of aromatic nitrogens is 2. The van der Waals surface area contributed by atoms with E-state index in [0.29, 0.717) is 12.1 Å². The fourth-order valence-corrected chi connectivity index (χ4v) is 2.00. The van der Waals surface area contributed by atoms with Gasteiger partial charge in [0.1, 0.15) is 34.7 Å². The Balaban J connectivity index is 2.92. The lowest BCUT2D eigenvalue weighted by molar-refractivity contribution is -0.138. The SMILES string of the molecule is COc1c(C(F)(F)F)ccc(F)c1-c1nc(N)nc(N)c1C#N. The van der Waals surface area contributed by atoms with Crippen LogP contribution in [0, 0.1) is 17.1 Å². The van der Waals surface area contributed by atoms with Gasteiger partial charge in [-0.25, -0.2) is 9.37 Å². The zero-order chi connectivity index (χ0) is 17.4. The third kappa shape index (κ3) is 2.80. The van der Waals surface area contributed by atoms with Crippen LogP contribution >= 0.6 is 0 Å². The van der Waals surface area contributed by atoms with Crippen molar-refractivity contribution in [3.05, 3.63) is 29.1 Å². The molecule has 0 saturated heterocycles. The predicted octanol–water partition coefficient (Wildman–Crippen LogP) is 2.35. The third-order valence-electron chi connectivity index (χ3n) is 2.92. The van der Waals surface area contributed by atoms with Gasteiger partial charge in [-0.3, -0.25) is 0 Å². The van der Waals surface area contributed by atoms with Crippen molar-refractivity contribution in [1.82, 2.24) is 9.97 Å². The largest absolute Gasteiger partial charge is 0.495 e. The molecule has 0 amide bonds. The maximum Gasteiger partial charge on any atom is 0.419 e. The average Bonchev–Trinajstić information content (AvgIpc) is 2.44. The summed E-state index contributed by atoms with van der Waals surface area (Å²) < 4.78 is 58.0. The molecule has 1 aromatic heterocycles. The molecule has 120 valence electrons. The molecule has 2 aromatic rings. The van der Waals surface area contributed by atoms with E-state index >= 15 is 0 Å². The highest BCUT2D eigenvalue weighted by molar-refractivity contribution is 5.78. The van der Waals surface area contributed by atoms with Crippen molar-refractivity contribution in [3.8, 4) is 23.1 Å². The lowest BCUT2D eigenvalue weighted by Gasteiger charge is -2.17. The van der Waals surface area contributed by atoms with E-state index < -0.39 is 46.1 Å². The second-order valence-electron chi connectivity index (χ2n) is 4.30. The van der Waals surface area contributed by atoms with Crippen LogP contribution in [0.1, 0.15) is 11.1 Å². The first-order chi connectivity index (χ1) is 10.7. The summed E-state index contributed by atoms with van der Waals surface area (Å²) in [5, 5.41) is 9.10. The lowest BCUT2D eigenvalue weighted by atomic mass is 10.0. The molecule has 10 heteroatoms. The first-order valence-electron chi connectivity index (χ1n) is 5.97. The summed E-state index contributed by atoms with van der Waals surface area (Å²) in [6.45, 7) is 0. The van der Waals surface area contributed by atoms with E-state index in [1.807, 2.05) is 0 Å². The van der Waals surface area contributed by atoms with Gasteiger partial charge in [-0.15, -0.1) is 0 Å². The summed E-state index contributed by atoms with van der Waals surface area (Å²) in [6, 6.07) is 2.74.